The Balaban J connectivity index is 1.85. The summed E-state index contributed by atoms with van der Waals surface area (Å²) in [5.74, 6) is 0.143. The first-order valence-corrected chi connectivity index (χ1v) is 8.24. The number of piperazine rings is 1. The topological polar surface area (TPSA) is 49.4 Å². The van der Waals surface area contributed by atoms with E-state index in [0.717, 1.165) is 32.5 Å². The predicted molar refractivity (Wildman–Crippen MR) is 88.0 cm³/mol. The molecule has 1 N–H and O–H groups in total. The molecule has 1 aliphatic heterocycles. The maximum Gasteiger partial charge on any atom is 0.223 e. The molecule has 1 aliphatic rings. The molecule has 0 unspecified atom stereocenters. The molecule has 4 heteroatoms. The fourth-order valence-electron chi connectivity index (χ4n) is 2.87. The number of Topliss-reactive ketones (excluding diaryl/α,β-unsaturated/α-hetero) is 1. The van der Waals surface area contributed by atoms with Crippen LogP contribution < -0.4 is 5.32 Å². The third kappa shape index (κ3) is 4.41. The smallest absolute Gasteiger partial charge is 0.223 e. The number of ketones is 1. The van der Waals surface area contributed by atoms with Gasteiger partial charge in [-0.1, -0.05) is 37.6 Å². The zero-order valence-corrected chi connectivity index (χ0v) is 13.6. The van der Waals surface area contributed by atoms with E-state index >= 15 is 0 Å². The summed E-state index contributed by atoms with van der Waals surface area (Å²) in [4.78, 5) is 26.3. The molecule has 1 aromatic rings. The second-order valence-corrected chi connectivity index (χ2v) is 6.01. The van der Waals surface area contributed by atoms with Gasteiger partial charge in [0.15, 0.2) is 5.78 Å². The number of benzene rings is 1. The summed E-state index contributed by atoms with van der Waals surface area (Å²) in [6.07, 6.45) is 2.74. The van der Waals surface area contributed by atoms with E-state index in [9.17, 15) is 9.59 Å². The number of nitrogens with one attached hydrogen (secondary N) is 1. The largest absolute Gasteiger partial charge is 0.337 e. The third-order valence-electron chi connectivity index (χ3n) is 4.20. The van der Waals surface area contributed by atoms with Crippen LogP contribution in [0.1, 0.15) is 49.0 Å². The van der Waals surface area contributed by atoms with Gasteiger partial charge in [0, 0.05) is 44.1 Å². The van der Waals surface area contributed by atoms with Crippen molar-refractivity contribution in [2.45, 2.75) is 45.6 Å². The van der Waals surface area contributed by atoms with Gasteiger partial charge in [-0.2, -0.15) is 0 Å². The minimum Gasteiger partial charge on any atom is -0.337 e. The van der Waals surface area contributed by atoms with Crippen LogP contribution in [0.3, 0.4) is 0 Å². The SMILES string of the molecule is CCCc1ccc(C(=O)CCC(=O)N2CCNC[C@@H]2C)cc1. The second kappa shape index (κ2) is 8.08. The van der Waals surface area contributed by atoms with Crippen molar-refractivity contribution >= 4 is 11.7 Å². The van der Waals surface area contributed by atoms with Crippen LogP contribution in [0.2, 0.25) is 0 Å². The molecule has 0 aliphatic carbocycles. The molecule has 1 fully saturated rings. The molecule has 120 valence electrons. The molecular weight excluding hydrogens is 276 g/mol. The maximum atomic E-state index is 12.2. The van der Waals surface area contributed by atoms with Crippen molar-refractivity contribution in [2.24, 2.45) is 0 Å². The lowest BCUT2D eigenvalue weighted by Crippen LogP contribution is -2.52. The van der Waals surface area contributed by atoms with Crippen molar-refractivity contribution in [2.75, 3.05) is 19.6 Å². The Kier molecular flexibility index (Phi) is 6.13. The van der Waals surface area contributed by atoms with Gasteiger partial charge in [-0.15, -0.1) is 0 Å². The zero-order valence-electron chi connectivity index (χ0n) is 13.6. The van der Waals surface area contributed by atoms with Crippen LogP contribution in [0.25, 0.3) is 0 Å². The number of amides is 1. The highest BCUT2D eigenvalue weighted by Gasteiger charge is 2.23. The van der Waals surface area contributed by atoms with Crippen molar-refractivity contribution in [1.29, 1.82) is 0 Å². The fourth-order valence-corrected chi connectivity index (χ4v) is 2.87. The molecule has 1 aromatic carbocycles. The van der Waals surface area contributed by atoms with E-state index in [0.29, 0.717) is 18.4 Å². The van der Waals surface area contributed by atoms with Gasteiger partial charge in [0.2, 0.25) is 5.91 Å². The van der Waals surface area contributed by atoms with E-state index in [1.807, 2.05) is 36.1 Å². The molecule has 22 heavy (non-hydrogen) atoms. The number of hydrogen-bond donors (Lipinski definition) is 1. The van der Waals surface area contributed by atoms with Crippen LogP contribution in [-0.2, 0) is 11.2 Å². The summed E-state index contributed by atoms with van der Waals surface area (Å²) >= 11 is 0. The summed E-state index contributed by atoms with van der Waals surface area (Å²) < 4.78 is 0. The number of hydrogen-bond acceptors (Lipinski definition) is 3. The molecule has 4 nitrogen and oxygen atoms in total. The van der Waals surface area contributed by atoms with Gasteiger partial charge < -0.3 is 10.2 Å². The van der Waals surface area contributed by atoms with E-state index < -0.39 is 0 Å². The molecule has 1 atom stereocenters. The van der Waals surface area contributed by atoms with Crippen LogP contribution in [0.15, 0.2) is 24.3 Å². The van der Waals surface area contributed by atoms with Crippen molar-refractivity contribution in [3.8, 4) is 0 Å². The Morgan fingerprint density at radius 3 is 2.59 bits per heavy atom. The average Bonchev–Trinajstić information content (AvgIpc) is 2.54. The Hall–Kier alpha value is -1.68. The highest BCUT2D eigenvalue weighted by molar-refractivity contribution is 5.98. The van der Waals surface area contributed by atoms with Gasteiger partial charge in [-0.05, 0) is 18.9 Å². The van der Waals surface area contributed by atoms with Gasteiger partial charge in [0.25, 0.3) is 0 Å². The van der Waals surface area contributed by atoms with Crippen LogP contribution >= 0.6 is 0 Å². The first-order valence-electron chi connectivity index (χ1n) is 8.24. The molecule has 1 heterocycles. The highest BCUT2D eigenvalue weighted by Crippen LogP contribution is 2.12. The first kappa shape index (κ1) is 16.7. The van der Waals surface area contributed by atoms with Crippen molar-refractivity contribution in [1.82, 2.24) is 10.2 Å². The van der Waals surface area contributed by atoms with Crippen molar-refractivity contribution in [3.05, 3.63) is 35.4 Å². The molecule has 0 saturated carbocycles. The highest BCUT2D eigenvalue weighted by atomic mass is 16.2. The van der Waals surface area contributed by atoms with Crippen molar-refractivity contribution < 1.29 is 9.59 Å². The summed E-state index contributed by atoms with van der Waals surface area (Å²) in [5, 5.41) is 3.26. The standard InChI is InChI=1S/C18H26N2O2/c1-3-4-15-5-7-16(8-6-15)17(21)9-10-18(22)20-12-11-19-13-14(20)2/h5-8,14,19H,3-4,9-13H2,1-2H3/t14-/m0/s1. The summed E-state index contributed by atoms with van der Waals surface area (Å²) in [7, 11) is 0. The Labute approximate surface area is 132 Å². The molecule has 0 spiro atoms. The van der Waals surface area contributed by atoms with Gasteiger partial charge in [0.1, 0.15) is 0 Å². The lowest BCUT2D eigenvalue weighted by molar-refractivity contribution is -0.133. The normalized spacial score (nSPS) is 18.3. The lowest BCUT2D eigenvalue weighted by Gasteiger charge is -2.34. The maximum absolute atomic E-state index is 12.2. The predicted octanol–water partition coefficient (Wildman–Crippen LogP) is 2.42. The summed E-state index contributed by atoms with van der Waals surface area (Å²) in [6, 6.07) is 7.99. The molecule has 1 saturated heterocycles. The quantitative estimate of drug-likeness (QED) is 0.821. The van der Waals surface area contributed by atoms with Gasteiger partial charge in [-0.3, -0.25) is 9.59 Å². The minimum atomic E-state index is 0.0548. The second-order valence-electron chi connectivity index (χ2n) is 6.01. The first-order chi connectivity index (χ1) is 10.6. The van der Waals surface area contributed by atoms with Gasteiger partial charge >= 0.3 is 0 Å². The molecule has 0 radical (unpaired) electrons. The molecule has 0 bridgehead atoms. The number of nitrogens with zero attached hydrogens (tertiary/aromatic N) is 1. The Morgan fingerprint density at radius 1 is 1.23 bits per heavy atom. The van der Waals surface area contributed by atoms with E-state index in [4.69, 9.17) is 0 Å². The molecular formula is C18H26N2O2. The van der Waals surface area contributed by atoms with E-state index in [2.05, 4.69) is 12.2 Å². The lowest BCUT2D eigenvalue weighted by atomic mass is 10.0. The number of rotatable bonds is 6. The number of aryl methyl sites for hydroxylation is 1. The van der Waals surface area contributed by atoms with Crippen LogP contribution in [-0.4, -0.2) is 42.3 Å². The minimum absolute atomic E-state index is 0.0548. The van der Waals surface area contributed by atoms with Crippen LogP contribution in [0, 0.1) is 0 Å². The molecule has 2 rings (SSSR count). The molecule has 1 amide bonds. The van der Waals surface area contributed by atoms with Crippen LogP contribution in [0.5, 0.6) is 0 Å². The number of carbonyl (C=O) groups excluding carboxylic acids is 2. The fraction of sp³-hybridized carbons (Fsp3) is 0.556. The van der Waals surface area contributed by atoms with Crippen LogP contribution in [0.4, 0.5) is 0 Å². The van der Waals surface area contributed by atoms with Gasteiger partial charge in [-0.25, -0.2) is 0 Å². The van der Waals surface area contributed by atoms with E-state index in [-0.39, 0.29) is 17.7 Å². The Morgan fingerprint density at radius 2 is 1.95 bits per heavy atom. The average molecular weight is 302 g/mol. The molecule has 0 aromatic heterocycles. The van der Waals surface area contributed by atoms with Gasteiger partial charge in [0.05, 0.1) is 0 Å². The third-order valence-corrected chi connectivity index (χ3v) is 4.20. The zero-order chi connectivity index (χ0) is 15.9. The Bertz CT molecular complexity index is 510. The van der Waals surface area contributed by atoms with E-state index in [1.165, 1.54) is 5.56 Å². The van der Waals surface area contributed by atoms with Crippen molar-refractivity contribution in [3.63, 3.8) is 0 Å². The summed E-state index contributed by atoms with van der Waals surface area (Å²) in [5.41, 5.74) is 1.96. The monoisotopic (exact) mass is 302 g/mol. The summed E-state index contributed by atoms with van der Waals surface area (Å²) in [6.45, 7) is 6.58. The number of carbonyl (C=O) groups is 2. The van der Waals surface area contributed by atoms with E-state index in [1.54, 1.807) is 0 Å².